The number of piperidine rings is 1. The molecule has 1 aliphatic rings. The molecule has 0 saturated carbocycles. The van der Waals surface area contributed by atoms with E-state index < -0.39 is 12.8 Å². The smallest absolute Gasteiger partial charge is 0.367 e. The van der Waals surface area contributed by atoms with Crippen molar-refractivity contribution in [3.8, 4) is 0 Å². The molecule has 1 atom stereocenters. The minimum absolute atomic E-state index is 0. The fourth-order valence-electron chi connectivity index (χ4n) is 2.92. The number of benzene rings is 1. The topological polar surface area (TPSA) is 66.0 Å². The number of rotatable bonds is 7. The van der Waals surface area contributed by atoms with E-state index in [0.717, 1.165) is 12.0 Å². The lowest BCUT2D eigenvalue weighted by Gasteiger charge is -2.31. The van der Waals surface area contributed by atoms with Gasteiger partial charge in [-0.05, 0) is 24.5 Å². The summed E-state index contributed by atoms with van der Waals surface area (Å²) in [5.74, 6) is 0.790. The van der Waals surface area contributed by atoms with Gasteiger partial charge in [-0.1, -0.05) is 24.3 Å². The molecule has 1 aliphatic heterocycles. The lowest BCUT2D eigenvalue weighted by Crippen LogP contribution is -2.51. The first-order valence-electron chi connectivity index (χ1n) is 9.28. The van der Waals surface area contributed by atoms with Crippen LogP contribution in [0.4, 0.5) is 13.2 Å². The number of nitrogens with one attached hydrogen (secondary N) is 2. The predicted octanol–water partition coefficient (Wildman–Crippen LogP) is 3.06. The van der Waals surface area contributed by atoms with E-state index in [9.17, 15) is 18.0 Å². The molecular formula is C19H28F3IN4O2. The molecule has 0 radical (unpaired) electrons. The third-order valence-electron chi connectivity index (χ3n) is 4.26. The van der Waals surface area contributed by atoms with Gasteiger partial charge >= 0.3 is 6.18 Å². The molecule has 2 N–H and O–H groups in total. The maximum Gasteiger partial charge on any atom is 0.411 e. The molecule has 0 aromatic heterocycles. The molecule has 1 amide bonds. The number of hydrogen-bond acceptors (Lipinski definition) is 3. The molecule has 1 saturated heterocycles. The second kappa shape index (κ2) is 12.2. The van der Waals surface area contributed by atoms with E-state index in [-0.39, 0.29) is 42.5 Å². The Labute approximate surface area is 186 Å². The highest BCUT2D eigenvalue weighted by molar-refractivity contribution is 14.0. The summed E-state index contributed by atoms with van der Waals surface area (Å²) in [5, 5.41) is 6.52. The molecule has 1 aromatic rings. The minimum atomic E-state index is -4.33. The average Bonchev–Trinajstić information content (AvgIpc) is 2.62. The van der Waals surface area contributed by atoms with Crippen LogP contribution in [-0.2, 0) is 22.7 Å². The lowest BCUT2D eigenvalue weighted by molar-refractivity contribution is -0.176. The number of likely N-dealkylation sites (N-methyl/N-ethyl adjacent to an activating group) is 1. The Hall–Kier alpha value is -1.56. The molecule has 164 valence electrons. The summed E-state index contributed by atoms with van der Waals surface area (Å²) >= 11 is 0. The van der Waals surface area contributed by atoms with Crippen LogP contribution in [-0.4, -0.2) is 55.7 Å². The van der Waals surface area contributed by atoms with Crippen LogP contribution in [0.15, 0.2) is 29.3 Å². The van der Waals surface area contributed by atoms with E-state index in [0.29, 0.717) is 37.6 Å². The quantitative estimate of drug-likeness (QED) is 0.325. The van der Waals surface area contributed by atoms with Gasteiger partial charge in [0.15, 0.2) is 5.96 Å². The van der Waals surface area contributed by atoms with E-state index in [2.05, 4.69) is 15.6 Å². The van der Waals surface area contributed by atoms with Crippen molar-refractivity contribution < 1.29 is 22.7 Å². The maximum absolute atomic E-state index is 12.2. The molecule has 1 unspecified atom stereocenters. The van der Waals surface area contributed by atoms with Gasteiger partial charge in [-0.25, -0.2) is 4.99 Å². The van der Waals surface area contributed by atoms with Crippen molar-refractivity contribution >= 4 is 35.8 Å². The Kier molecular flexibility index (Phi) is 10.7. The summed E-state index contributed by atoms with van der Waals surface area (Å²) in [5.41, 5.74) is 1.54. The van der Waals surface area contributed by atoms with Gasteiger partial charge in [0.2, 0.25) is 5.91 Å². The first-order valence-corrected chi connectivity index (χ1v) is 9.28. The van der Waals surface area contributed by atoms with Gasteiger partial charge < -0.3 is 20.3 Å². The lowest BCUT2D eigenvalue weighted by atomic mass is 10.1. The van der Waals surface area contributed by atoms with Gasteiger partial charge in [-0.3, -0.25) is 4.79 Å². The Morgan fingerprint density at radius 1 is 1.34 bits per heavy atom. The zero-order valence-electron chi connectivity index (χ0n) is 16.6. The molecule has 1 heterocycles. The van der Waals surface area contributed by atoms with Crippen LogP contribution >= 0.6 is 24.0 Å². The number of carbonyl (C=O) groups is 1. The molecule has 29 heavy (non-hydrogen) atoms. The van der Waals surface area contributed by atoms with Crippen molar-refractivity contribution in [2.45, 2.75) is 45.1 Å². The largest absolute Gasteiger partial charge is 0.411 e. The standard InChI is InChI=1S/C19H27F3N4O2.HI/c1-3-23-18(25-16-7-8-17(27)26(2)11-16)24-10-14-5-4-6-15(9-14)12-28-13-19(20,21)22;/h4-6,9,16H,3,7-8,10-13H2,1-2H3,(H2,23,24,25);1H. The van der Waals surface area contributed by atoms with Crippen LogP contribution in [0.1, 0.15) is 30.9 Å². The molecular weight excluding hydrogens is 500 g/mol. The van der Waals surface area contributed by atoms with Crippen LogP contribution in [0.3, 0.4) is 0 Å². The molecule has 2 rings (SSSR count). The molecule has 1 aromatic carbocycles. The zero-order chi connectivity index (χ0) is 20.6. The molecule has 0 aliphatic carbocycles. The zero-order valence-corrected chi connectivity index (χ0v) is 18.9. The number of halogens is 4. The number of carbonyl (C=O) groups excluding carboxylic acids is 1. The number of ether oxygens (including phenoxy) is 1. The number of guanidine groups is 1. The summed E-state index contributed by atoms with van der Waals surface area (Å²) in [6.45, 7) is 2.30. The monoisotopic (exact) mass is 528 g/mol. The number of aliphatic imine (C=N–C) groups is 1. The third-order valence-corrected chi connectivity index (χ3v) is 4.26. The van der Waals surface area contributed by atoms with Gasteiger partial charge in [0.25, 0.3) is 0 Å². The minimum Gasteiger partial charge on any atom is -0.367 e. The summed E-state index contributed by atoms with van der Waals surface area (Å²) in [7, 11) is 1.78. The SMILES string of the molecule is CCNC(=NCc1cccc(COCC(F)(F)F)c1)NC1CCC(=O)N(C)C1.I. The van der Waals surface area contributed by atoms with E-state index in [1.807, 2.05) is 13.0 Å². The van der Waals surface area contributed by atoms with Crippen molar-refractivity contribution in [2.24, 2.45) is 4.99 Å². The summed E-state index contributed by atoms with van der Waals surface area (Å²) in [6.07, 6.45) is -3.07. The molecule has 10 heteroatoms. The first kappa shape index (κ1) is 25.5. The highest BCUT2D eigenvalue weighted by Crippen LogP contribution is 2.16. The number of amides is 1. The van der Waals surface area contributed by atoms with Crippen LogP contribution in [0.25, 0.3) is 0 Å². The number of likely N-dealkylation sites (tertiary alicyclic amines) is 1. The Balaban J connectivity index is 0.00000420. The fraction of sp³-hybridized carbons (Fsp3) is 0.579. The Morgan fingerprint density at radius 3 is 2.72 bits per heavy atom. The first-order chi connectivity index (χ1) is 13.3. The normalized spacial score (nSPS) is 17.7. The third kappa shape index (κ3) is 9.66. The molecule has 6 nitrogen and oxygen atoms in total. The van der Waals surface area contributed by atoms with E-state index in [4.69, 9.17) is 4.74 Å². The van der Waals surface area contributed by atoms with Crippen LogP contribution < -0.4 is 10.6 Å². The van der Waals surface area contributed by atoms with Crippen LogP contribution in [0, 0.1) is 0 Å². The predicted molar refractivity (Wildman–Crippen MR) is 116 cm³/mol. The van der Waals surface area contributed by atoms with Gasteiger partial charge in [0.05, 0.1) is 13.2 Å². The van der Waals surface area contributed by atoms with Crippen molar-refractivity contribution in [3.05, 3.63) is 35.4 Å². The van der Waals surface area contributed by atoms with E-state index in [1.165, 1.54) is 0 Å². The van der Waals surface area contributed by atoms with E-state index >= 15 is 0 Å². The van der Waals surface area contributed by atoms with Gasteiger partial charge in [-0.15, -0.1) is 24.0 Å². The second-order valence-electron chi connectivity index (χ2n) is 6.78. The number of alkyl halides is 3. The summed E-state index contributed by atoms with van der Waals surface area (Å²) in [4.78, 5) is 17.9. The molecule has 0 bridgehead atoms. The van der Waals surface area contributed by atoms with Crippen molar-refractivity contribution in [1.29, 1.82) is 0 Å². The Bertz CT molecular complexity index is 686. The molecule has 0 spiro atoms. The number of nitrogens with zero attached hydrogens (tertiary/aromatic N) is 2. The van der Waals surface area contributed by atoms with Crippen molar-refractivity contribution in [3.63, 3.8) is 0 Å². The number of hydrogen-bond donors (Lipinski definition) is 2. The highest BCUT2D eigenvalue weighted by Gasteiger charge is 2.27. The maximum atomic E-state index is 12.2. The van der Waals surface area contributed by atoms with E-state index in [1.54, 1.807) is 30.1 Å². The summed E-state index contributed by atoms with van der Waals surface area (Å²) in [6, 6.07) is 7.29. The second-order valence-corrected chi connectivity index (χ2v) is 6.78. The van der Waals surface area contributed by atoms with Gasteiger partial charge in [0, 0.05) is 32.6 Å². The van der Waals surface area contributed by atoms with Crippen molar-refractivity contribution in [2.75, 3.05) is 26.7 Å². The van der Waals surface area contributed by atoms with Crippen LogP contribution in [0.2, 0.25) is 0 Å². The van der Waals surface area contributed by atoms with Gasteiger partial charge in [-0.2, -0.15) is 13.2 Å². The Morgan fingerprint density at radius 2 is 2.07 bits per heavy atom. The fourth-order valence-corrected chi connectivity index (χ4v) is 2.92. The summed E-state index contributed by atoms with van der Waals surface area (Å²) < 4.78 is 41.2. The molecule has 1 fully saturated rings. The highest BCUT2D eigenvalue weighted by atomic mass is 127. The van der Waals surface area contributed by atoms with Gasteiger partial charge in [0.1, 0.15) is 6.61 Å². The van der Waals surface area contributed by atoms with Crippen LogP contribution in [0.5, 0.6) is 0 Å². The average molecular weight is 528 g/mol. The van der Waals surface area contributed by atoms with Crippen molar-refractivity contribution in [1.82, 2.24) is 15.5 Å².